The maximum absolute atomic E-state index is 12.1. The highest BCUT2D eigenvalue weighted by molar-refractivity contribution is 6.02. The Hall–Kier alpha value is -2.43. The van der Waals surface area contributed by atoms with Crippen molar-refractivity contribution in [1.29, 1.82) is 0 Å². The van der Waals surface area contributed by atoms with E-state index in [0.717, 1.165) is 10.9 Å². The van der Waals surface area contributed by atoms with E-state index in [0.29, 0.717) is 18.8 Å². The lowest BCUT2D eigenvalue weighted by Gasteiger charge is -2.17. The highest BCUT2D eigenvalue weighted by Gasteiger charge is 2.30. The van der Waals surface area contributed by atoms with Crippen molar-refractivity contribution >= 4 is 28.6 Å². The van der Waals surface area contributed by atoms with Crippen LogP contribution in [-0.2, 0) is 4.79 Å². The third-order valence-electron chi connectivity index (χ3n) is 3.34. The molecule has 3 rings (SSSR count). The number of anilines is 2. The molecule has 1 aromatic carbocycles. The van der Waals surface area contributed by atoms with Crippen LogP contribution in [0.4, 0.5) is 11.8 Å². The fraction of sp³-hybridized carbons (Fsp3) is 0.214. The van der Waals surface area contributed by atoms with Gasteiger partial charge < -0.3 is 5.73 Å². The average molecular weight is 254 g/mol. The lowest BCUT2D eigenvalue weighted by molar-refractivity contribution is -0.117. The van der Waals surface area contributed by atoms with Gasteiger partial charge in [-0.25, -0.2) is 4.98 Å². The van der Waals surface area contributed by atoms with Crippen molar-refractivity contribution in [3.63, 3.8) is 0 Å². The number of hydrogen-bond donors (Lipinski definition) is 1. The van der Waals surface area contributed by atoms with Crippen LogP contribution in [0.1, 0.15) is 6.42 Å². The molecule has 5 heteroatoms. The summed E-state index contributed by atoms with van der Waals surface area (Å²) in [4.78, 5) is 22.2. The summed E-state index contributed by atoms with van der Waals surface area (Å²) in [6.45, 7) is 4.35. The largest absolute Gasteiger partial charge is 0.368 e. The molecule has 5 nitrogen and oxygen atoms in total. The quantitative estimate of drug-likeness (QED) is 0.829. The van der Waals surface area contributed by atoms with Gasteiger partial charge in [0.15, 0.2) is 0 Å². The van der Waals surface area contributed by atoms with Crippen molar-refractivity contribution in [3.8, 4) is 0 Å². The summed E-state index contributed by atoms with van der Waals surface area (Å²) in [6.07, 6.45) is 2.28. The molecule has 96 valence electrons. The number of fused-ring (bicyclic) bond motifs is 1. The Morgan fingerprint density at radius 1 is 1.37 bits per heavy atom. The number of carbonyl (C=O) groups is 1. The van der Waals surface area contributed by atoms with Crippen molar-refractivity contribution in [3.05, 3.63) is 36.9 Å². The Bertz CT molecular complexity index is 668. The van der Waals surface area contributed by atoms with E-state index in [9.17, 15) is 4.79 Å². The highest BCUT2D eigenvalue weighted by Crippen LogP contribution is 2.30. The van der Waals surface area contributed by atoms with Crippen molar-refractivity contribution < 1.29 is 4.79 Å². The predicted molar refractivity (Wildman–Crippen MR) is 74.6 cm³/mol. The average Bonchev–Trinajstić information content (AvgIpc) is 2.79. The Morgan fingerprint density at radius 2 is 2.16 bits per heavy atom. The second kappa shape index (κ2) is 4.35. The van der Waals surface area contributed by atoms with Gasteiger partial charge in [0, 0.05) is 24.3 Å². The number of aromatic nitrogens is 2. The zero-order chi connectivity index (χ0) is 13.4. The van der Waals surface area contributed by atoms with E-state index in [1.807, 2.05) is 30.3 Å². The van der Waals surface area contributed by atoms with Crippen LogP contribution < -0.4 is 10.6 Å². The van der Waals surface area contributed by atoms with E-state index in [-0.39, 0.29) is 17.8 Å². The fourth-order valence-corrected chi connectivity index (χ4v) is 2.38. The lowest BCUT2D eigenvalue weighted by atomic mass is 10.1. The number of hydrogen-bond acceptors (Lipinski definition) is 4. The summed E-state index contributed by atoms with van der Waals surface area (Å²) < 4.78 is 0. The first kappa shape index (κ1) is 11.6. The molecule has 0 aliphatic carbocycles. The number of nitrogens with zero attached hydrogens (tertiary/aromatic N) is 3. The van der Waals surface area contributed by atoms with Gasteiger partial charge in [-0.1, -0.05) is 18.2 Å². The minimum atomic E-state index is 0.0492. The fourth-order valence-electron chi connectivity index (χ4n) is 2.38. The van der Waals surface area contributed by atoms with E-state index in [1.165, 1.54) is 0 Å². The first-order chi connectivity index (χ1) is 9.19. The van der Waals surface area contributed by atoms with Crippen LogP contribution in [0, 0.1) is 5.92 Å². The maximum atomic E-state index is 12.1. The number of rotatable bonds is 2. The van der Waals surface area contributed by atoms with Crippen molar-refractivity contribution in [1.82, 2.24) is 9.97 Å². The number of benzene rings is 1. The Kier molecular flexibility index (Phi) is 2.67. The van der Waals surface area contributed by atoms with Gasteiger partial charge in [-0.15, -0.1) is 6.58 Å². The standard InChI is InChI=1S/C14H14N4O/c1-2-9-7-12(19)18(8-9)13-10-5-3-4-6-11(10)16-14(15)17-13/h2-6,9H,1,7-8H2,(H2,15,16,17). The van der Waals surface area contributed by atoms with Crippen molar-refractivity contribution in [2.75, 3.05) is 17.2 Å². The molecule has 1 unspecified atom stereocenters. The van der Waals surface area contributed by atoms with Crippen LogP contribution in [0.5, 0.6) is 0 Å². The number of nitrogen functional groups attached to an aromatic ring is 1. The molecule has 1 aliphatic rings. The molecule has 2 N–H and O–H groups in total. The highest BCUT2D eigenvalue weighted by atomic mass is 16.2. The second-order valence-corrected chi connectivity index (χ2v) is 4.63. The molecule has 1 amide bonds. The molecule has 1 fully saturated rings. The minimum absolute atomic E-state index is 0.0492. The van der Waals surface area contributed by atoms with Crippen LogP contribution in [0.25, 0.3) is 10.9 Å². The normalized spacial score (nSPS) is 19.1. The summed E-state index contributed by atoms with van der Waals surface area (Å²) in [5, 5.41) is 0.842. The van der Waals surface area contributed by atoms with Gasteiger partial charge in [0.05, 0.1) is 5.52 Å². The van der Waals surface area contributed by atoms with Gasteiger partial charge >= 0.3 is 0 Å². The maximum Gasteiger partial charge on any atom is 0.228 e. The first-order valence-electron chi connectivity index (χ1n) is 6.14. The molecule has 0 spiro atoms. The van der Waals surface area contributed by atoms with Gasteiger partial charge in [0.25, 0.3) is 0 Å². The number of carbonyl (C=O) groups excluding carboxylic acids is 1. The third-order valence-corrected chi connectivity index (χ3v) is 3.34. The summed E-state index contributed by atoms with van der Waals surface area (Å²) in [5.74, 6) is 0.997. The molecule has 2 heterocycles. The van der Waals surface area contributed by atoms with Crippen LogP contribution in [-0.4, -0.2) is 22.4 Å². The second-order valence-electron chi connectivity index (χ2n) is 4.63. The molecule has 1 saturated heterocycles. The molecule has 1 aliphatic heterocycles. The number of para-hydroxylation sites is 1. The Balaban J connectivity index is 2.14. The van der Waals surface area contributed by atoms with Crippen molar-refractivity contribution in [2.45, 2.75) is 6.42 Å². The Labute approximate surface area is 110 Å². The molecule has 1 atom stereocenters. The monoisotopic (exact) mass is 254 g/mol. The summed E-state index contributed by atoms with van der Waals surface area (Å²) in [5.41, 5.74) is 6.47. The zero-order valence-electron chi connectivity index (χ0n) is 10.4. The van der Waals surface area contributed by atoms with Gasteiger partial charge in [0.2, 0.25) is 11.9 Å². The number of nitrogens with two attached hydrogens (primary N) is 1. The third kappa shape index (κ3) is 1.93. The predicted octanol–water partition coefficient (Wildman–Crippen LogP) is 1.75. The molecule has 0 bridgehead atoms. The van der Waals surface area contributed by atoms with Crippen LogP contribution in [0.2, 0.25) is 0 Å². The van der Waals surface area contributed by atoms with E-state index < -0.39 is 0 Å². The van der Waals surface area contributed by atoms with E-state index >= 15 is 0 Å². The van der Waals surface area contributed by atoms with Crippen LogP contribution in [0.3, 0.4) is 0 Å². The first-order valence-corrected chi connectivity index (χ1v) is 6.14. The van der Waals surface area contributed by atoms with E-state index in [2.05, 4.69) is 16.5 Å². The van der Waals surface area contributed by atoms with Gasteiger partial charge in [-0.05, 0) is 12.1 Å². The molecule has 19 heavy (non-hydrogen) atoms. The Morgan fingerprint density at radius 3 is 2.89 bits per heavy atom. The summed E-state index contributed by atoms with van der Waals surface area (Å²) in [6, 6.07) is 7.55. The summed E-state index contributed by atoms with van der Waals surface area (Å²) in [7, 11) is 0. The summed E-state index contributed by atoms with van der Waals surface area (Å²) >= 11 is 0. The van der Waals surface area contributed by atoms with Crippen molar-refractivity contribution in [2.24, 2.45) is 5.92 Å². The van der Waals surface area contributed by atoms with Gasteiger partial charge in [0.1, 0.15) is 5.82 Å². The van der Waals surface area contributed by atoms with Crippen LogP contribution in [0.15, 0.2) is 36.9 Å². The molecule has 2 aromatic rings. The lowest BCUT2D eigenvalue weighted by Crippen LogP contribution is -2.26. The van der Waals surface area contributed by atoms with Gasteiger partial charge in [-0.2, -0.15) is 4.98 Å². The topological polar surface area (TPSA) is 72.1 Å². The molecule has 0 saturated carbocycles. The zero-order valence-corrected chi connectivity index (χ0v) is 10.4. The number of amides is 1. The van der Waals surface area contributed by atoms with E-state index in [4.69, 9.17) is 5.73 Å². The van der Waals surface area contributed by atoms with E-state index in [1.54, 1.807) is 4.90 Å². The molecular weight excluding hydrogens is 240 g/mol. The molecule has 0 radical (unpaired) electrons. The molecular formula is C14H14N4O. The molecule has 1 aromatic heterocycles. The minimum Gasteiger partial charge on any atom is -0.368 e. The van der Waals surface area contributed by atoms with Crippen LogP contribution >= 0.6 is 0 Å². The van der Waals surface area contributed by atoms with Gasteiger partial charge in [-0.3, -0.25) is 9.69 Å². The smallest absolute Gasteiger partial charge is 0.228 e. The SMILES string of the molecule is C=CC1CC(=O)N(c2nc(N)nc3ccccc23)C1.